The van der Waals surface area contributed by atoms with Gasteiger partial charge in [0, 0.05) is 32.4 Å². The normalized spacial score (nSPS) is 22.7. The third kappa shape index (κ3) is 4.61. The highest BCUT2D eigenvalue weighted by Gasteiger charge is 2.31. The number of carbonyl (C=O) groups is 1. The van der Waals surface area contributed by atoms with E-state index < -0.39 is 0 Å². The first-order valence-electron chi connectivity index (χ1n) is 10.8. The van der Waals surface area contributed by atoms with Crippen LogP contribution in [0.5, 0.6) is 0 Å². The minimum atomic E-state index is 0.0220. The van der Waals surface area contributed by atoms with Gasteiger partial charge in [-0.15, -0.1) is 0 Å². The Kier molecular flexibility index (Phi) is 6.14. The summed E-state index contributed by atoms with van der Waals surface area (Å²) >= 11 is 0. The summed E-state index contributed by atoms with van der Waals surface area (Å²) in [6.45, 7) is 7.69. The van der Waals surface area contributed by atoms with Gasteiger partial charge in [0.25, 0.3) is 5.91 Å². The Bertz CT molecular complexity index is 801. The maximum Gasteiger partial charge on any atom is 0.255 e. The summed E-state index contributed by atoms with van der Waals surface area (Å²) in [6.07, 6.45) is 5.32. The molecule has 3 heterocycles. The lowest BCUT2D eigenvalue weighted by Crippen LogP contribution is -2.46. The van der Waals surface area contributed by atoms with Gasteiger partial charge >= 0.3 is 0 Å². The quantitative estimate of drug-likeness (QED) is 0.776. The van der Waals surface area contributed by atoms with Crippen molar-refractivity contribution in [2.75, 3.05) is 31.1 Å². The van der Waals surface area contributed by atoms with Crippen LogP contribution in [-0.2, 0) is 4.74 Å². The number of carbonyl (C=O) groups excluding carboxylic acids is 1. The standard InChI is InChI=1S/C24H31N3O2/c1-18(2)21-16-27(17-22(29-21)19-9-5-3-6-10-19)23-12-11-20(15-25-23)24(28)26-13-7-4-8-14-26/h3,5-6,9-12,15,18,21-22H,4,7-8,13-14,16-17H2,1-2H3/t21-,22+/m1/s1. The number of hydrogen-bond acceptors (Lipinski definition) is 4. The van der Waals surface area contributed by atoms with Crippen LogP contribution in [0.3, 0.4) is 0 Å². The molecule has 2 atom stereocenters. The summed E-state index contributed by atoms with van der Waals surface area (Å²) in [5.74, 6) is 1.44. The third-order valence-electron chi connectivity index (χ3n) is 6.00. The number of likely N-dealkylation sites (tertiary alicyclic amines) is 1. The van der Waals surface area contributed by atoms with E-state index in [1.807, 2.05) is 23.1 Å². The highest BCUT2D eigenvalue weighted by molar-refractivity contribution is 5.94. The third-order valence-corrected chi connectivity index (χ3v) is 6.00. The molecule has 0 spiro atoms. The average Bonchev–Trinajstić information content (AvgIpc) is 2.79. The van der Waals surface area contributed by atoms with Gasteiger partial charge in [-0.05, 0) is 42.9 Å². The molecule has 2 fully saturated rings. The van der Waals surface area contributed by atoms with Crippen molar-refractivity contribution < 1.29 is 9.53 Å². The fraction of sp³-hybridized carbons (Fsp3) is 0.500. The zero-order chi connectivity index (χ0) is 20.2. The van der Waals surface area contributed by atoms with Gasteiger partial charge in [-0.2, -0.15) is 0 Å². The minimum Gasteiger partial charge on any atom is -0.366 e. The van der Waals surface area contributed by atoms with Gasteiger partial charge < -0.3 is 14.5 Å². The molecule has 5 nitrogen and oxygen atoms in total. The molecule has 2 aliphatic heterocycles. The van der Waals surface area contributed by atoms with Gasteiger partial charge in [0.05, 0.1) is 11.7 Å². The SMILES string of the molecule is CC(C)[C@H]1CN(c2ccc(C(=O)N3CCCCC3)cn2)C[C@@H](c2ccccc2)O1. The Hall–Kier alpha value is -2.40. The van der Waals surface area contributed by atoms with Crippen LogP contribution in [0.2, 0.25) is 0 Å². The Morgan fingerprint density at radius 1 is 1.03 bits per heavy atom. The second-order valence-electron chi connectivity index (χ2n) is 8.48. The average molecular weight is 394 g/mol. The molecule has 154 valence electrons. The summed E-state index contributed by atoms with van der Waals surface area (Å²) in [7, 11) is 0. The number of aromatic nitrogens is 1. The number of piperidine rings is 1. The van der Waals surface area contributed by atoms with Crippen molar-refractivity contribution in [2.24, 2.45) is 5.92 Å². The number of hydrogen-bond donors (Lipinski definition) is 0. The number of benzene rings is 1. The van der Waals surface area contributed by atoms with Crippen molar-refractivity contribution >= 4 is 11.7 Å². The molecule has 0 bridgehead atoms. The molecule has 1 aromatic carbocycles. The number of ether oxygens (including phenoxy) is 1. The van der Waals surface area contributed by atoms with E-state index in [1.165, 1.54) is 12.0 Å². The van der Waals surface area contributed by atoms with Crippen molar-refractivity contribution in [3.63, 3.8) is 0 Å². The first-order chi connectivity index (χ1) is 14.1. The van der Waals surface area contributed by atoms with Crippen LogP contribution < -0.4 is 4.90 Å². The topological polar surface area (TPSA) is 45.7 Å². The van der Waals surface area contributed by atoms with Crippen molar-refractivity contribution in [1.82, 2.24) is 9.88 Å². The van der Waals surface area contributed by atoms with Crippen molar-refractivity contribution in [2.45, 2.75) is 45.3 Å². The molecule has 0 aliphatic carbocycles. The van der Waals surface area contributed by atoms with E-state index in [2.05, 4.69) is 48.0 Å². The van der Waals surface area contributed by atoms with Crippen molar-refractivity contribution in [1.29, 1.82) is 0 Å². The molecule has 2 aromatic rings. The lowest BCUT2D eigenvalue weighted by Gasteiger charge is -2.40. The largest absolute Gasteiger partial charge is 0.366 e. The lowest BCUT2D eigenvalue weighted by molar-refractivity contribution is -0.0500. The molecule has 2 saturated heterocycles. The molecule has 0 N–H and O–H groups in total. The lowest BCUT2D eigenvalue weighted by atomic mass is 10.0. The number of nitrogens with zero attached hydrogens (tertiary/aromatic N) is 3. The van der Waals surface area contributed by atoms with Gasteiger partial charge in [-0.1, -0.05) is 44.2 Å². The molecular formula is C24H31N3O2. The fourth-order valence-corrected chi connectivity index (χ4v) is 4.17. The first kappa shape index (κ1) is 19.9. The van der Waals surface area contributed by atoms with Gasteiger partial charge in [-0.25, -0.2) is 4.98 Å². The van der Waals surface area contributed by atoms with E-state index in [1.54, 1.807) is 6.20 Å². The monoisotopic (exact) mass is 393 g/mol. The van der Waals surface area contributed by atoms with Crippen LogP contribution >= 0.6 is 0 Å². The Morgan fingerprint density at radius 3 is 2.45 bits per heavy atom. The zero-order valence-corrected chi connectivity index (χ0v) is 17.5. The second kappa shape index (κ2) is 8.95. The maximum atomic E-state index is 12.7. The molecule has 0 unspecified atom stereocenters. The highest BCUT2D eigenvalue weighted by Crippen LogP contribution is 2.30. The highest BCUT2D eigenvalue weighted by atomic mass is 16.5. The van der Waals surface area contributed by atoms with Crippen LogP contribution in [0.4, 0.5) is 5.82 Å². The van der Waals surface area contributed by atoms with Crippen molar-refractivity contribution in [3.8, 4) is 0 Å². The summed E-state index contributed by atoms with van der Waals surface area (Å²) in [6, 6.07) is 14.3. The molecule has 0 radical (unpaired) electrons. The number of morpholine rings is 1. The summed E-state index contributed by atoms with van der Waals surface area (Å²) in [5, 5.41) is 0. The molecule has 29 heavy (non-hydrogen) atoms. The number of pyridine rings is 1. The van der Waals surface area contributed by atoms with Gasteiger partial charge in [0.2, 0.25) is 0 Å². The van der Waals surface area contributed by atoms with Crippen LogP contribution in [0.25, 0.3) is 0 Å². The van der Waals surface area contributed by atoms with E-state index in [0.29, 0.717) is 11.5 Å². The van der Waals surface area contributed by atoms with Gasteiger partial charge in [-0.3, -0.25) is 4.79 Å². The maximum absolute atomic E-state index is 12.7. The number of anilines is 1. The van der Waals surface area contributed by atoms with E-state index in [0.717, 1.165) is 44.8 Å². The molecule has 0 saturated carbocycles. The summed E-state index contributed by atoms with van der Waals surface area (Å²) in [4.78, 5) is 21.6. The summed E-state index contributed by atoms with van der Waals surface area (Å²) < 4.78 is 6.40. The second-order valence-corrected chi connectivity index (χ2v) is 8.48. The van der Waals surface area contributed by atoms with E-state index in [4.69, 9.17) is 4.74 Å². The smallest absolute Gasteiger partial charge is 0.255 e. The summed E-state index contributed by atoms with van der Waals surface area (Å²) in [5.41, 5.74) is 1.88. The Balaban J connectivity index is 1.50. The van der Waals surface area contributed by atoms with Crippen LogP contribution in [0.1, 0.15) is 55.1 Å². The number of amides is 1. The molecular weight excluding hydrogens is 362 g/mol. The fourth-order valence-electron chi connectivity index (χ4n) is 4.17. The zero-order valence-electron chi connectivity index (χ0n) is 17.5. The minimum absolute atomic E-state index is 0.0220. The van der Waals surface area contributed by atoms with E-state index >= 15 is 0 Å². The molecule has 2 aliphatic rings. The Labute approximate surface area is 173 Å². The van der Waals surface area contributed by atoms with Gasteiger partial charge in [0.1, 0.15) is 11.9 Å². The molecule has 1 amide bonds. The number of rotatable bonds is 4. The predicted molar refractivity (Wildman–Crippen MR) is 115 cm³/mol. The van der Waals surface area contributed by atoms with Crippen LogP contribution in [0.15, 0.2) is 48.7 Å². The first-order valence-corrected chi connectivity index (χ1v) is 10.8. The van der Waals surface area contributed by atoms with E-state index in [9.17, 15) is 4.79 Å². The van der Waals surface area contributed by atoms with E-state index in [-0.39, 0.29) is 18.1 Å². The molecule has 1 aromatic heterocycles. The van der Waals surface area contributed by atoms with Crippen LogP contribution in [-0.4, -0.2) is 48.1 Å². The molecule has 4 rings (SSSR count). The van der Waals surface area contributed by atoms with Crippen molar-refractivity contribution in [3.05, 3.63) is 59.8 Å². The predicted octanol–water partition coefficient (Wildman–Crippen LogP) is 4.31. The molecule has 5 heteroatoms. The Morgan fingerprint density at radius 2 is 1.79 bits per heavy atom. The van der Waals surface area contributed by atoms with Gasteiger partial charge in [0.15, 0.2) is 0 Å². The van der Waals surface area contributed by atoms with Crippen LogP contribution in [0, 0.1) is 5.92 Å².